The molecule has 8 heteroatoms. The quantitative estimate of drug-likeness (QED) is 0.621. The van der Waals surface area contributed by atoms with Crippen molar-refractivity contribution < 1.29 is 9.47 Å². The number of rotatable bonds is 5. The van der Waals surface area contributed by atoms with Crippen LogP contribution >= 0.6 is 0 Å². The maximum absolute atomic E-state index is 6.39. The molecule has 0 bridgehead atoms. The minimum atomic E-state index is 0.267. The summed E-state index contributed by atoms with van der Waals surface area (Å²) in [6, 6.07) is 5.98. The van der Waals surface area contributed by atoms with Crippen molar-refractivity contribution in [2.75, 3.05) is 25.3 Å². The molecule has 1 fully saturated rings. The van der Waals surface area contributed by atoms with Crippen LogP contribution < -0.4 is 26.3 Å². The second-order valence-electron chi connectivity index (χ2n) is 7.18. The summed E-state index contributed by atoms with van der Waals surface area (Å²) in [6.45, 7) is 0. The van der Waals surface area contributed by atoms with Gasteiger partial charge in [0.2, 0.25) is 0 Å². The first-order valence-electron chi connectivity index (χ1n) is 9.48. The summed E-state index contributed by atoms with van der Waals surface area (Å²) in [4.78, 5) is 4.50. The molecule has 3 aromatic rings. The van der Waals surface area contributed by atoms with Crippen LogP contribution in [0.2, 0.25) is 0 Å². The van der Waals surface area contributed by atoms with Crippen molar-refractivity contribution in [3.05, 3.63) is 36.2 Å². The van der Waals surface area contributed by atoms with Crippen LogP contribution in [-0.4, -0.2) is 34.9 Å². The van der Waals surface area contributed by atoms with Crippen molar-refractivity contribution >= 4 is 22.8 Å². The SMILES string of the molecule is COc1ccc(Nc2c(C3CCC(N)CC3)c(N)nn3ccnc23)cc1OC. The van der Waals surface area contributed by atoms with Gasteiger partial charge in [-0.25, -0.2) is 9.50 Å². The van der Waals surface area contributed by atoms with Gasteiger partial charge in [-0.2, -0.15) is 0 Å². The lowest BCUT2D eigenvalue weighted by Gasteiger charge is -2.28. The van der Waals surface area contributed by atoms with E-state index in [4.69, 9.17) is 20.9 Å². The highest BCUT2D eigenvalue weighted by molar-refractivity contribution is 5.81. The van der Waals surface area contributed by atoms with Gasteiger partial charge in [-0.05, 0) is 43.7 Å². The lowest BCUT2D eigenvalue weighted by molar-refractivity contribution is 0.355. The molecule has 1 aliphatic rings. The van der Waals surface area contributed by atoms with E-state index in [1.54, 1.807) is 31.1 Å². The predicted octanol–water partition coefficient (Wildman–Crippen LogP) is 3.06. The van der Waals surface area contributed by atoms with Gasteiger partial charge in [-0.3, -0.25) is 0 Å². The van der Waals surface area contributed by atoms with Crippen molar-refractivity contribution in [1.29, 1.82) is 0 Å². The summed E-state index contributed by atoms with van der Waals surface area (Å²) in [5, 5.41) is 8.02. The van der Waals surface area contributed by atoms with E-state index in [0.717, 1.165) is 48.3 Å². The molecule has 0 aliphatic heterocycles. The molecule has 1 saturated carbocycles. The smallest absolute Gasteiger partial charge is 0.177 e. The first-order valence-corrected chi connectivity index (χ1v) is 9.48. The van der Waals surface area contributed by atoms with E-state index in [2.05, 4.69) is 15.4 Å². The molecule has 5 N–H and O–H groups in total. The highest BCUT2D eigenvalue weighted by Gasteiger charge is 2.27. The highest BCUT2D eigenvalue weighted by Crippen LogP contribution is 2.41. The lowest BCUT2D eigenvalue weighted by Crippen LogP contribution is -2.26. The molecule has 8 nitrogen and oxygen atoms in total. The molecule has 0 amide bonds. The predicted molar refractivity (Wildman–Crippen MR) is 109 cm³/mol. The molecule has 2 aromatic heterocycles. The molecular weight excluding hydrogens is 356 g/mol. The Morgan fingerprint density at radius 3 is 2.57 bits per heavy atom. The number of methoxy groups -OCH3 is 2. The van der Waals surface area contributed by atoms with E-state index in [0.29, 0.717) is 23.2 Å². The van der Waals surface area contributed by atoms with Crippen molar-refractivity contribution in [3.63, 3.8) is 0 Å². The van der Waals surface area contributed by atoms with E-state index in [1.807, 2.05) is 18.2 Å². The largest absolute Gasteiger partial charge is 0.493 e. The Labute approximate surface area is 163 Å². The number of benzene rings is 1. The minimum absolute atomic E-state index is 0.267. The van der Waals surface area contributed by atoms with Crippen LogP contribution in [0, 0.1) is 0 Å². The van der Waals surface area contributed by atoms with Gasteiger partial charge in [0, 0.05) is 35.8 Å². The molecule has 0 atom stereocenters. The lowest BCUT2D eigenvalue weighted by atomic mass is 9.81. The Kier molecular flexibility index (Phi) is 4.95. The van der Waals surface area contributed by atoms with E-state index < -0.39 is 0 Å². The van der Waals surface area contributed by atoms with Gasteiger partial charge in [0.05, 0.1) is 19.9 Å². The van der Waals surface area contributed by atoms with Gasteiger partial charge in [0.15, 0.2) is 17.1 Å². The monoisotopic (exact) mass is 382 g/mol. The van der Waals surface area contributed by atoms with E-state index >= 15 is 0 Å². The molecule has 2 heterocycles. The Balaban J connectivity index is 1.79. The number of hydrogen-bond donors (Lipinski definition) is 3. The van der Waals surface area contributed by atoms with Crippen LogP contribution in [-0.2, 0) is 0 Å². The van der Waals surface area contributed by atoms with Crippen molar-refractivity contribution in [2.45, 2.75) is 37.6 Å². The number of aromatic nitrogens is 3. The van der Waals surface area contributed by atoms with Gasteiger partial charge < -0.3 is 26.3 Å². The van der Waals surface area contributed by atoms with Crippen LogP contribution in [0.25, 0.3) is 5.65 Å². The Bertz CT molecular complexity index is 978. The topological polar surface area (TPSA) is 113 Å². The number of nitrogen functional groups attached to an aromatic ring is 1. The number of anilines is 3. The van der Waals surface area contributed by atoms with Crippen LogP contribution in [0.5, 0.6) is 11.5 Å². The maximum atomic E-state index is 6.39. The Hall–Kier alpha value is -3.00. The second-order valence-corrected chi connectivity index (χ2v) is 7.18. The zero-order chi connectivity index (χ0) is 19.7. The van der Waals surface area contributed by atoms with E-state index in [1.165, 1.54) is 0 Å². The average molecular weight is 382 g/mol. The van der Waals surface area contributed by atoms with Gasteiger partial charge in [0.1, 0.15) is 5.82 Å². The fourth-order valence-electron chi connectivity index (χ4n) is 3.98. The first-order chi connectivity index (χ1) is 13.6. The molecule has 1 aromatic carbocycles. The maximum Gasteiger partial charge on any atom is 0.177 e. The Morgan fingerprint density at radius 1 is 1.11 bits per heavy atom. The number of imidazole rings is 1. The summed E-state index contributed by atoms with van der Waals surface area (Å²) >= 11 is 0. The van der Waals surface area contributed by atoms with Crippen LogP contribution in [0.1, 0.15) is 37.2 Å². The third kappa shape index (κ3) is 3.31. The molecule has 1 aliphatic carbocycles. The third-order valence-electron chi connectivity index (χ3n) is 5.44. The fourth-order valence-corrected chi connectivity index (χ4v) is 3.98. The molecule has 148 valence electrons. The Morgan fingerprint density at radius 2 is 1.86 bits per heavy atom. The van der Waals surface area contributed by atoms with Gasteiger partial charge in [-0.1, -0.05) is 0 Å². The number of nitrogens with one attached hydrogen (secondary N) is 1. The standard InChI is InChI=1S/C20H26N6O2/c1-27-15-8-7-14(11-16(15)28-2)24-18-17(12-3-5-13(21)6-4-12)19(22)25-26-10-9-23-20(18)26/h7-13,24H,3-6,21H2,1-2H3,(H2,22,25). The normalized spacial score (nSPS) is 19.5. The highest BCUT2D eigenvalue weighted by atomic mass is 16.5. The number of nitrogens with zero attached hydrogens (tertiary/aromatic N) is 3. The van der Waals surface area contributed by atoms with Gasteiger partial charge in [-0.15, -0.1) is 5.10 Å². The van der Waals surface area contributed by atoms with Crippen LogP contribution in [0.15, 0.2) is 30.6 Å². The first kappa shape index (κ1) is 18.4. The van der Waals surface area contributed by atoms with Crippen LogP contribution in [0.4, 0.5) is 17.2 Å². The molecule has 0 spiro atoms. The summed E-state index contributed by atoms with van der Waals surface area (Å²) < 4.78 is 12.5. The molecule has 0 unspecified atom stereocenters. The molecule has 0 saturated heterocycles. The van der Waals surface area contributed by atoms with Crippen molar-refractivity contribution in [3.8, 4) is 11.5 Å². The zero-order valence-electron chi connectivity index (χ0n) is 16.2. The summed E-state index contributed by atoms with van der Waals surface area (Å²) in [6.07, 6.45) is 7.47. The molecular formula is C20H26N6O2. The molecule has 4 rings (SSSR count). The average Bonchev–Trinajstić information content (AvgIpc) is 3.17. The number of ether oxygens (including phenoxy) is 2. The number of fused-ring (bicyclic) bond motifs is 1. The summed E-state index contributed by atoms with van der Waals surface area (Å²) in [7, 11) is 3.24. The zero-order valence-corrected chi connectivity index (χ0v) is 16.2. The second kappa shape index (κ2) is 7.55. The number of hydrogen-bond acceptors (Lipinski definition) is 7. The third-order valence-corrected chi connectivity index (χ3v) is 5.44. The summed E-state index contributed by atoms with van der Waals surface area (Å²) in [5.41, 5.74) is 16.0. The van der Waals surface area contributed by atoms with Crippen molar-refractivity contribution in [2.24, 2.45) is 5.73 Å². The van der Waals surface area contributed by atoms with Gasteiger partial charge in [0.25, 0.3) is 0 Å². The summed E-state index contributed by atoms with van der Waals surface area (Å²) in [5.74, 6) is 2.15. The fraction of sp³-hybridized carbons (Fsp3) is 0.400. The molecule has 28 heavy (non-hydrogen) atoms. The van der Waals surface area contributed by atoms with Crippen LogP contribution in [0.3, 0.4) is 0 Å². The number of nitrogens with two attached hydrogens (primary N) is 2. The van der Waals surface area contributed by atoms with E-state index in [-0.39, 0.29) is 6.04 Å². The van der Waals surface area contributed by atoms with E-state index in [9.17, 15) is 0 Å². The van der Waals surface area contributed by atoms with Crippen molar-refractivity contribution in [1.82, 2.24) is 14.6 Å². The minimum Gasteiger partial charge on any atom is -0.493 e. The molecule has 0 radical (unpaired) electrons. The van der Waals surface area contributed by atoms with Gasteiger partial charge >= 0.3 is 0 Å².